The number of rotatable bonds is 3. The summed E-state index contributed by atoms with van der Waals surface area (Å²) < 4.78 is 39.3. The molecule has 0 atom stereocenters. The van der Waals surface area contributed by atoms with E-state index >= 15 is 0 Å². The first kappa shape index (κ1) is 20.2. The van der Waals surface area contributed by atoms with Crippen molar-refractivity contribution in [1.82, 2.24) is 15.0 Å². The maximum atomic E-state index is 13.1. The van der Waals surface area contributed by atoms with Crippen molar-refractivity contribution in [1.29, 1.82) is 0 Å². The molecule has 0 aliphatic carbocycles. The fraction of sp³-hybridized carbons (Fsp3) is 0.0417. The lowest BCUT2D eigenvalue weighted by molar-refractivity contribution is -0.137. The van der Waals surface area contributed by atoms with Crippen LogP contribution >= 0.6 is 11.6 Å². The van der Waals surface area contributed by atoms with E-state index in [9.17, 15) is 13.2 Å². The predicted octanol–water partition coefficient (Wildman–Crippen LogP) is 7.26. The number of fused-ring (bicyclic) bond motifs is 2. The monoisotopic (exact) mass is 450 g/mol. The second-order valence-corrected chi connectivity index (χ2v) is 7.60. The van der Waals surface area contributed by atoms with Crippen LogP contribution in [-0.4, -0.2) is 15.0 Å². The predicted molar refractivity (Wildman–Crippen MR) is 120 cm³/mol. The molecule has 0 amide bonds. The second-order valence-electron chi connectivity index (χ2n) is 7.16. The van der Waals surface area contributed by atoms with Crippen molar-refractivity contribution in [3.63, 3.8) is 0 Å². The number of alkyl halides is 3. The molecule has 0 saturated carbocycles. The van der Waals surface area contributed by atoms with Crippen LogP contribution in [0, 0.1) is 0 Å². The van der Waals surface area contributed by atoms with E-state index in [4.69, 9.17) is 16.6 Å². The van der Waals surface area contributed by atoms with E-state index in [0.717, 1.165) is 28.6 Å². The molecule has 0 bridgehead atoms. The zero-order valence-electron chi connectivity index (χ0n) is 16.4. The zero-order valence-corrected chi connectivity index (χ0v) is 17.1. The fourth-order valence-electron chi connectivity index (χ4n) is 3.54. The highest BCUT2D eigenvalue weighted by Gasteiger charge is 2.30. The molecule has 1 N–H and O–H groups in total. The molecule has 0 radical (unpaired) electrons. The number of hydrogen-bond acceptors (Lipinski definition) is 4. The molecule has 8 heteroatoms. The van der Waals surface area contributed by atoms with Gasteiger partial charge < -0.3 is 5.32 Å². The summed E-state index contributed by atoms with van der Waals surface area (Å²) in [6, 6.07) is 20.2. The second kappa shape index (κ2) is 7.76. The summed E-state index contributed by atoms with van der Waals surface area (Å²) in [7, 11) is 0. The minimum Gasteiger partial charge on any atom is -0.339 e. The number of pyridine rings is 1. The number of nitrogens with zero attached hydrogens (tertiary/aromatic N) is 3. The van der Waals surface area contributed by atoms with Gasteiger partial charge in [0.05, 0.1) is 28.0 Å². The van der Waals surface area contributed by atoms with Crippen molar-refractivity contribution in [2.45, 2.75) is 6.18 Å². The van der Waals surface area contributed by atoms with Crippen LogP contribution in [0.4, 0.5) is 24.7 Å². The molecule has 0 saturated heterocycles. The van der Waals surface area contributed by atoms with Gasteiger partial charge in [-0.2, -0.15) is 13.2 Å². The number of anilines is 2. The van der Waals surface area contributed by atoms with Gasteiger partial charge in [-0.05, 0) is 42.5 Å². The number of nitrogens with one attached hydrogen (secondary N) is 1. The molecule has 5 aromatic rings. The Balaban J connectivity index is 1.65. The highest BCUT2D eigenvalue weighted by atomic mass is 35.5. The zero-order chi connectivity index (χ0) is 22.3. The topological polar surface area (TPSA) is 50.7 Å². The minimum atomic E-state index is -4.44. The van der Waals surface area contributed by atoms with Gasteiger partial charge >= 0.3 is 6.18 Å². The summed E-state index contributed by atoms with van der Waals surface area (Å²) in [5.41, 5.74) is 2.45. The number of aromatic nitrogens is 3. The lowest BCUT2D eigenvalue weighted by atomic mass is 10.1. The molecule has 4 nitrogen and oxygen atoms in total. The van der Waals surface area contributed by atoms with Gasteiger partial charge in [-0.25, -0.2) is 15.0 Å². The molecule has 3 aromatic carbocycles. The summed E-state index contributed by atoms with van der Waals surface area (Å²) >= 11 is 6.15. The third-order valence-electron chi connectivity index (χ3n) is 5.05. The van der Waals surface area contributed by atoms with E-state index in [2.05, 4.69) is 15.3 Å². The lowest BCUT2D eigenvalue weighted by Crippen LogP contribution is -2.05. The van der Waals surface area contributed by atoms with Crippen LogP contribution in [0.5, 0.6) is 0 Å². The van der Waals surface area contributed by atoms with E-state index in [1.807, 2.05) is 48.5 Å². The Morgan fingerprint density at radius 3 is 2.44 bits per heavy atom. The SMILES string of the molecule is FC(F)(F)c1ccc2c(Nc3cc(-c4cccc(Cl)c4)nc4ccccc34)ncnc2c1. The Kier molecular flexibility index (Phi) is 4.90. The van der Waals surface area contributed by atoms with Crippen molar-refractivity contribution < 1.29 is 13.2 Å². The van der Waals surface area contributed by atoms with Gasteiger partial charge in [0, 0.05) is 21.4 Å². The average molecular weight is 451 g/mol. The Labute approximate surface area is 185 Å². The molecule has 158 valence electrons. The van der Waals surface area contributed by atoms with Gasteiger partial charge in [0.2, 0.25) is 0 Å². The molecule has 0 aliphatic heterocycles. The highest BCUT2D eigenvalue weighted by Crippen LogP contribution is 2.35. The van der Waals surface area contributed by atoms with Crippen LogP contribution < -0.4 is 5.32 Å². The van der Waals surface area contributed by atoms with Gasteiger partial charge in [-0.15, -0.1) is 0 Å². The fourth-order valence-corrected chi connectivity index (χ4v) is 3.73. The number of benzene rings is 3. The Hall–Kier alpha value is -3.71. The summed E-state index contributed by atoms with van der Waals surface area (Å²) in [4.78, 5) is 13.0. The molecule has 32 heavy (non-hydrogen) atoms. The van der Waals surface area contributed by atoms with Crippen molar-refractivity contribution >= 4 is 44.9 Å². The van der Waals surface area contributed by atoms with Crippen LogP contribution in [0.2, 0.25) is 5.02 Å². The first-order chi connectivity index (χ1) is 15.4. The summed E-state index contributed by atoms with van der Waals surface area (Å²) in [5.74, 6) is 0.400. The van der Waals surface area contributed by atoms with Crippen LogP contribution in [0.3, 0.4) is 0 Å². The van der Waals surface area contributed by atoms with Crippen molar-refractivity contribution in [3.05, 3.63) is 89.7 Å². The molecule has 0 spiro atoms. The van der Waals surface area contributed by atoms with Gasteiger partial charge in [0.25, 0.3) is 0 Å². The number of para-hydroxylation sites is 1. The Morgan fingerprint density at radius 2 is 1.62 bits per heavy atom. The summed E-state index contributed by atoms with van der Waals surface area (Å²) in [6.45, 7) is 0. The van der Waals surface area contributed by atoms with Gasteiger partial charge in [-0.3, -0.25) is 0 Å². The molecule has 0 fully saturated rings. The molecular formula is C24H14ClF3N4. The summed E-state index contributed by atoms with van der Waals surface area (Å²) in [5, 5.41) is 5.18. The molecule has 2 heterocycles. The third-order valence-corrected chi connectivity index (χ3v) is 5.29. The van der Waals surface area contributed by atoms with Crippen molar-refractivity contribution in [3.8, 4) is 11.3 Å². The average Bonchev–Trinajstić information content (AvgIpc) is 2.78. The van der Waals surface area contributed by atoms with E-state index in [-0.39, 0.29) is 5.52 Å². The molecule has 5 rings (SSSR count). The van der Waals surface area contributed by atoms with E-state index in [1.54, 1.807) is 6.07 Å². The number of halogens is 4. The van der Waals surface area contributed by atoms with Crippen LogP contribution in [0.25, 0.3) is 33.1 Å². The lowest BCUT2D eigenvalue weighted by Gasteiger charge is -2.14. The van der Waals surface area contributed by atoms with Crippen LogP contribution in [0.15, 0.2) is 79.1 Å². The molecule has 2 aromatic heterocycles. The van der Waals surface area contributed by atoms with E-state index in [1.165, 1.54) is 12.4 Å². The van der Waals surface area contributed by atoms with Gasteiger partial charge in [-0.1, -0.05) is 41.9 Å². The maximum absolute atomic E-state index is 13.1. The van der Waals surface area contributed by atoms with Crippen LogP contribution in [-0.2, 0) is 6.18 Å². The minimum absolute atomic E-state index is 0.200. The summed E-state index contributed by atoms with van der Waals surface area (Å²) in [6.07, 6.45) is -3.20. The third kappa shape index (κ3) is 3.83. The first-order valence-corrected chi connectivity index (χ1v) is 10.0. The van der Waals surface area contributed by atoms with E-state index in [0.29, 0.717) is 27.6 Å². The highest BCUT2D eigenvalue weighted by molar-refractivity contribution is 6.30. The molecule has 0 aliphatic rings. The van der Waals surface area contributed by atoms with Crippen LogP contribution in [0.1, 0.15) is 5.56 Å². The first-order valence-electron chi connectivity index (χ1n) is 9.63. The Bertz CT molecular complexity index is 1470. The van der Waals surface area contributed by atoms with Crippen molar-refractivity contribution in [2.24, 2.45) is 0 Å². The largest absolute Gasteiger partial charge is 0.416 e. The Morgan fingerprint density at radius 1 is 0.781 bits per heavy atom. The standard InChI is InChI=1S/C24H14ClF3N4/c25-16-5-3-4-14(10-16)20-12-22(17-6-1-2-7-19(17)31-20)32-23-18-9-8-15(24(26,27)28)11-21(18)29-13-30-23/h1-13H,(H,29,30,31,32). The number of hydrogen-bond donors (Lipinski definition) is 1. The van der Waals surface area contributed by atoms with E-state index < -0.39 is 11.7 Å². The molecule has 0 unspecified atom stereocenters. The normalized spacial score (nSPS) is 11.8. The maximum Gasteiger partial charge on any atom is 0.416 e. The van der Waals surface area contributed by atoms with Gasteiger partial charge in [0.1, 0.15) is 12.1 Å². The van der Waals surface area contributed by atoms with Gasteiger partial charge in [0.15, 0.2) is 0 Å². The smallest absolute Gasteiger partial charge is 0.339 e. The quantitative estimate of drug-likeness (QED) is 0.314. The van der Waals surface area contributed by atoms with Crippen molar-refractivity contribution in [2.75, 3.05) is 5.32 Å². The molecular weight excluding hydrogens is 437 g/mol.